The van der Waals surface area contributed by atoms with Crippen molar-refractivity contribution in [2.75, 3.05) is 32.5 Å². The summed E-state index contributed by atoms with van der Waals surface area (Å²) in [6.45, 7) is 4.25. The molecular formula is C22H27F3N3O2+. The molecule has 0 heterocycles. The number of carbonyl (C=O) groups excluding carboxylic acids is 2. The van der Waals surface area contributed by atoms with Gasteiger partial charge in [0.05, 0.1) is 19.2 Å². The molecule has 0 aliphatic heterocycles. The average molecular weight is 422 g/mol. The van der Waals surface area contributed by atoms with Crippen LogP contribution in [0.4, 0.5) is 18.9 Å². The Hall–Kier alpha value is -2.87. The number of carbonyl (C=O) groups is 2. The van der Waals surface area contributed by atoms with Gasteiger partial charge in [0.25, 0.3) is 5.91 Å². The molecule has 8 heteroatoms. The average Bonchev–Trinajstić information content (AvgIpc) is 2.64. The summed E-state index contributed by atoms with van der Waals surface area (Å²) in [5, 5.41) is 2.82. The molecule has 0 spiro atoms. The Morgan fingerprint density at radius 1 is 1.07 bits per heavy atom. The first-order valence-electron chi connectivity index (χ1n) is 9.54. The Kier molecular flexibility index (Phi) is 7.61. The first-order chi connectivity index (χ1) is 14.0. The van der Waals surface area contributed by atoms with Gasteiger partial charge < -0.3 is 15.1 Å². The number of halogens is 3. The second-order valence-corrected chi connectivity index (χ2v) is 7.62. The standard InChI is InChI=1S/C22H26F3N3O2/c1-15-5-6-16(2)19(11-15)26-20(29)13-28(4)21(30)14-27(3)12-17-7-9-18(10-8-17)22(23,24)25/h5-11H,12-14H2,1-4H3,(H,26,29)/p+1. The highest BCUT2D eigenvalue weighted by molar-refractivity contribution is 5.95. The van der Waals surface area contributed by atoms with Crippen LogP contribution in [0.1, 0.15) is 22.3 Å². The zero-order chi connectivity index (χ0) is 22.5. The minimum atomic E-state index is -4.37. The number of hydrogen-bond donors (Lipinski definition) is 2. The van der Waals surface area contributed by atoms with Gasteiger partial charge in [-0.1, -0.05) is 24.3 Å². The summed E-state index contributed by atoms with van der Waals surface area (Å²) in [6.07, 6.45) is -4.37. The molecule has 1 atom stereocenters. The Balaban J connectivity index is 1.85. The van der Waals surface area contributed by atoms with Crippen molar-refractivity contribution in [3.63, 3.8) is 0 Å². The molecule has 30 heavy (non-hydrogen) atoms. The molecule has 0 aliphatic carbocycles. The van der Waals surface area contributed by atoms with Crippen molar-refractivity contribution in [3.8, 4) is 0 Å². The third kappa shape index (κ3) is 6.88. The molecule has 2 aromatic carbocycles. The zero-order valence-corrected chi connectivity index (χ0v) is 17.6. The Morgan fingerprint density at radius 3 is 2.30 bits per heavy atom. The van der Waals surface area contributed by atoms with E-state index in [4.69, 9.17) is 0 Å². The first kappa shape index (κ1) is 23.4. The van der Waals surface area contributed by atoms with E-state index in [2.05, 4.69) is 5.32 Å². The summed E-state index contributed by atoms with van der Waals surface area (Å²) >= 11 is 0. The Bertz CT molecular complexity index is 895. The maximum absolute atomic E-state index is 12.6. The highest BCUT2D eigenvalue weighted by atomic mass is 19.4. The molecule has 0 radical (unpaired) electrons. The highest BCUT2D eigenvalue weighted by Crippen LogP contribution is 2.28. The van der Waals surface area contributed by atoms with Crippen LogP contribution in [0.25, 0.3) is 0 Å². The molecule has 162 valence electrons. The minimum Gasteiger partial charge on any atom is -0.332 e. The summed E-state index contributed by atoms with van der Waals surface area (Å²) in [7, 11) is 3.33. The van der Waals surface area contributed by atoms with Gasteiger partial charge in [-0.05, 0) is 43.2 Å². The molecule has 2 aromatic rings. The summed E-state index contributed by atoms with van der Waals surface area (Å²) in [5.74, 6) is -0.518. The summed E-state index contributed by atoms with van der Waals surface area (Å²) in [5.41, 5.74) is 2.67. The third-order valence-electron chi connectivity index (χ3n) is 4.71. The van der Waals surface area contributed by atoms with Gasteiger partial charge >= 0.3 is 6.18 Å². The normalized spacial score (nSPS) is 12.4. The molecular weight excluding hydrogens is 395 g/mol. The second kappa shape index (κ2) is 9.75. The van der Waals surface area contributed by atoms with E-state index in [1.807, 2.05) is 32.0 Å². The van der Waals surface area contributed by atoms with E-state index in [1.54, 1.807) is 14.1 Å². The van der Waals surface area contributed by atoms with Crippen molar-refractivity contribution in [3.05, 3.63) is 64.7 Å². The van der Waals surface area contributed by atoms with Crippen LogP contribution in [0, 0.1) is 13.8 Å². The van der Waals surface area contributed by atoms with Crippen molar-refractivity contribution in [1.29, 1.82) is 0 Å². The van der Waals surface area contributed by atoms with E-state index in [0.717, 1.165) is 28.2 Å². The van der Waals surface area contributed by atoms with E-state index in [1.165, 1.54) is 17.0 Å². The number of hydrogen-bond acceptors (Lipinski definition) is 2. The molecule has 0 saturated carbocycles. The van der Waals surface area contributed by atoms with Gasteiger partial charge in [0.1, 0.15) is 6.54 Å². The van der Waals surface area contributed by atoms with Gasteiger partial charge in [0.2, 0.25) is 5.91 Å². The summed E-state index contributed by atoms with van der Waals surface area (Å²) < 4.78 is 37.9. The van der Waals surface area contributed by atoms with Crippen molar-refractivity contribution in [1.82, 2.24) is 4.90 Å². The SMILES string of the molecule is Cc1ccc(C)c(NC(=O)CN(C)C(=O)C[NH+](C)Cc2ccc(C(F)(F)F)cc2)c1. The van der Waals surface area contributed by atoms with Crippen LogP contribution in [0.5, 0.6) is 0 Å². The maximum Gasteiger partial charge on any atom is 0.416 e. The number of amides is 2. The number of aryl methyl sites for hydroxylation is 2. The molecule has 0 aromatic heterocycles. The lowest BCUT2D eigenvalue weighted by Crippen LogP contribution is -3.08. The number of likely N-dealkylation sites (N-methyl/N-ethyl adjacent to an activating group) is 2. The van der Waals surface area contributed by atoms with E-state index in [-0.39, 0.29) is 24.9 Å². The van der Waals surface area contributed by atoms with Crippen molar-refractivity contribution >= 4 is 17.5 Å². The Labute approximate surface area is 174 Å². The number of nitrogens with one attached hydrogen (secondary N) is 2. The first-order valence-corrected chi connectivity index (χ1v) is 9.54. The van der Waals surface area contributed by atoms with E-state index in [0.29, 0.717) is 17.8 Å². The van der Waals surface area contributed by atoms with Gasteiger partial charge in [-0.25, -0.2) is 0 Å². The fraction of sp³-hybridized carbons (Fsp3) is 0.364. The highest BCUT2D eigenvalue weighted by Gasteiger charge is 2.30. The molecule has 2 amide bonds. The number of quaternary nitrogens is 1. The van der Waals surface area contributed by atoms with E-state index >= 15 is 0 Å². The molecule has 0 aliphatic rings. The molecule has 2 N–H and O–H groups in total. The van der Waals surface area contributed by atoms with Crippen molar-refractivity contribution < 1.29 is 27.7 Å². The number of anilines is 1. The fourth-order valence-electron chi connectivity index (χ4n) is 2.98. The van der Waals surface area contributed by atoms with Gasteiger partial charge in [-0.2, -0.15) is 13.2 Å². The molecule has 0 fully saturated rings. The third-order valence-corrected chi connectivity index (χ3v) is 4.71. The topological polar surface area (TPSA) is 53.9 Å². The second-order valence-electron chi connectivity index (χ2n) is 7.62. The van der Waals surface area contributed by atoms with Gasteiger partial charge in [0.15, 0.2) is 6.54 Å². The van der Waals surface area contributed by atoms with Crippen LogP contribution in [-0.2, 0) is 22.3 Å². The lowest BCUT2D eigenvalue weighted by atomic mass is 10.1. The molecule has 0 saturated heterocycles. The van der Waals surface area contributed by atoms with Crippen molar-refractivity contribution in [2.24, 2.45) is 0 Å². The maximum atomic E-state index is 12.6. The van der Waals surface area contributed by atoms with E-state index in [9.17, 15) is 22.8 Å². The molecule has 5 nitrogen and oxygen atoms in total. The van der Waals surface area contributed by atoms with Crippen LogP contribution in [0.2, 0.25) is 0 Å². The Morgan fingerprint density at radius 2 is 1.70 bits per heavy atom. The largest absolute Gasteiger partial charge is 0.416 e. The summed E-state index contributed by atoms with van der Waals surface area (Å²) in [6, 6.07) is 10.6. The van der Waals surface area contributed by atoms with Crippen LogP contribution in [0.15, 0.2) is 42.5 Å². The quantitative estimate of drug-likeness (QED) is 0.720. The van der Waals surface area contributed by atoms with Crippen LogP contribution < -0.4 is 10.2 Å². The number of alkyl halides is 3. The van der Waals surface area contributed by atoms with Gasteiger partial charge in [-0.15, -0.1) is 0 Å². The smallest absolute Gasteiger partial charge is 0.332 e. The molecule has 1 unspecified atom stereocenters. The van der Waals surface area contributed by atoms with E-state index < -0.39 is 11.7 Å². The lowest BCUT2D eigenvalue weighted by Gasteiger charge is -2.20. The molecule has 2 rings (SSSR count). The zero-order valence-electron chi connectivity index (χ0n) is 17.6. The lowest BCUT2D eigenvalue weighted by molar-refractivity contribution is -0.885. The number of benzene rings is 2. The predicted octanol–water partition coefficient (Wildman–Crippen LogP) is 2.43. The van der Waals surface area contributed by atoms with Gasteiger partial charge in [0, 0.05) is 18.3 Å². The minimum absolute atomic E-state index is 0.0836. The molecule has 0 bridgehead atoms. The van der Waals surface area contributed by atoms with Crippen molar-refractivity contribution in [2.45, 2.75) is 26.6 Å². The number of rotatable bonds is 7. The van der Waals surface area contributed by atoms with Crippen LogP contribution in [0.3, 0.4) is 0 Å². The number of nitrogens with zero attached hydrogens (tertiary/aromatic N) is 1. The van der Waals surface area contributed by atoms with Crippen LogP contribution >= 0.6 is 0 Å². The predicted molar refractivity (Wildman–Crippen MR) is 109 cm³/mol. The monoisotopic (exact) mass is 422 g/mol. The fourth-order valence-corrected chi connectivity index (χ4v) is 2.98. The van der Waals surface area contributed by atoms with Crippen LogP contribution in [-0.4, -0.2) is 43.9 Å². The summed E-state index contributed by atoms with van der Waals surface area (Å²) in [4.78, 5) is 26.8. The van der Waals surface area contributed by atoms with Gasteiger partial charge in [-0.3, -0.25) is 9.59 Å².